The summed E-state index contributed by atoms with van der Waals surface area (Å²) in [6, 6.07) is 10.2. The predicted octanol–water partition coefficient (Wildman–Crippen LogP) is 5.11. The molecule has 0 radical (unpaired) electrons. The van der Waals surface area contributed by atoms with Crippen molar-refractivity contribution in [3.8, 4) is 11.5 Å². The molecule has 0 amide bonds. The van der Waals surface area contributed by atoms with Crippen LogP contribution in [0.5, 0.6) is 11.5 Å². The first-order valence-corrected chi connectivity index (χ1v) is 8.87. The van der Waals surface area contributed by atoms with Gasteiger partial charge in [0.15, 0.2) is 11.5 Å². The average molecular weight is 348 g/mol. The maximum atomic E-state index is 5.43. The molecule has 0 saturated heterocycles. The summed E-state index contributed by atoms with van der Waals surface area (Å²) in [5.74, 6) is 1.53. The molecular formula is C22H24N2O2. The highest BCUT2D eigenvalue weighted by atomic mass is 16.7. The molecule has 0 unspecified atom stereocenters. The Balaban J connectivity index is 1.69. The summed E-state index contributed by atoms with van der Waals surface area (Å²) in [6.07, 6.45) is 4.25. The van der Waals surface area contributed by atoms with Crippen molar-refractivity contribution in [3.05, 3.63) is 53.1 Å². The summed E-state index contributed by atoms with van der Waals surface area (Å²) >= 11 is 0. The molecule has 0 saturated carbocycles. The van der Waals surface area contributed by atoms with E-state index in [9.17, 15) is 0 Å². The first kappa shape index (κ1) is 16.7. The molecule has 0 aliphatic carbocycles. The molecular weight excluding hydrogens is 324 g/mol. The smallest absolute Gasteiger partial charge is 0.231 e. The van der Waals surface area contributed by atoms with E-state index in [0.29, 0.717) is 0 Å². The van der Waals surface area contributed by atoms with Crippen LogP contribution >= 0.6 is 0 Å². The lowest BCUT2D eigenvalue weighted by atomic mass is 9.87. The Kier molecular flexibility index (Phi) is 3.79. The van der Waals surface area contributed by atoms with Crippen LogP contribution in [0.4, 0.5) is 11.4 Å². The van der Waals surface area contributed by atoms with E-state index in [1.165, 1.54) is 22.4 Å². The molecule has 0 atom stereocenters. The summed E-state index contributed by atoms with van der Waals surface area (Å²) in [5.41, 5.74) is 7.06. The molecule has 0 N–H and O–H groups in total. The van der Waals surface area contributed by atoms with Crippen LogP contribution in [0.2, 0.25) is 0 Å². The van der Waals surface area contributed by atoms with Crippen LogP contribution in [0.15, 0.2) is 41.4 Å². The highest BCUT2D eigenvalue weighted by Gasteiger charge is 2.28. The molecule has 4 nitrogen and oxygen atoms in total. The summed E-state index contributed by atoms with van der Waals surface area (Å²) in [7, 11) is 2.15. The maximum absolute atomic E-state index is 5.43. The second-order valence-electron chi connectivity index (χ2n) is 7.56. The minimum Gasteiger partial charge on any atom is -0.454 e. The Hall–Kier alpha value is -2.75. The lowest BCUT2D eigenvalue weighted by molar-refractivity contribution is 0.174. The number of anilines is 1. The van der Waals surface area contributed by atoms with Crippen molar-refractivity contribution in [2.24, 2.45) is 4.99 Å². The largest absolute Gasteiger partial charge is 0.454 e. The predicted molar refractivity (Wildman–Crippen MR) is 107 cm³/mol. The molecule has 0 aromatic heterocycles. The van der Waals surface area contributed by atoms with Crippen molar-refractivity contribution in [3.63, 3.8) is 0 Å². The molecule has 0 fully saturated rings. The molecule has 2 heterocycles. The lowest BCUT2D eigenvalue weighted by Crippen LogP contribution is -2.42. The van der Waals surface area contributed by atoms with Crippen LogP contribution < -0.4 is 14.4 Å². The van der Waals surface area contributed by atoms with E-state index in [0.717, 1.165) is 22.7 Å². The molecule has 2 aromatic carbocycles. The number of nitrogens with zero attached hydrogens (tertiary/aromatic N) is 2. The summed E-state index contributed by atoms with van der Waals surface area (Å²) in [4.78, 5) is 6.98. The van der Waals surface area contributed by atoms with Crippen LogP contribution in [0.25, 0.3) is 5.57 Å². The molecule has 4 rings (SSSR count). The molecule has 2 aromatic rings. The van der Waals surface area contributed by atoms with Gasteiger partial charge in [-0.3, -0.25) is 4.99 Å². The quantitative estimate of drug-likeness (QED) is 0.708. The van der Waals surface area contributed by atoms with Crippen molar-refractivity contribution in [2.45, 2.75) is 33.2 Å². The molecule has 2 aliphatic rings. The first-order valence-electron chi connectivity index (χ1n) is 8.87. The van der Waals surface area contributed by atoms with Crippen LogP contribution in [0, 0.1) is 6.92 Å². The zero-order chi connectivity index (χ0) is 18.5. The zero-order valence-corrected chi connectivity index (χ0v) is 16.0. The van der Waals surface area contributed by atoms with Gasteiger partial charge in [0, 0.05) is 30.6 Å². The van der Waals surface area contributed by atoms with Crippen molar-refractivity contribution >= 4 is 23.2 Å². The third-order valence-electron chi connectivity index (χ3n) is 5.31. The highest BCUT2D eigenvalue weighted by molar-refractivity contribution is 5.90. The number of hydrogen-bond acceptors (Lipinski definition) is 4. The van der Waals surface area contributed by atoms with Gasteiger partial charge >= 0.3 is 0 Å². The maximum Gasteiger partial charge on any atom is 0.231 e. The number of aryl methyl sites for hydroxylation is 1. The zero-order valence-electron chi connectivity index (χ0n) is 16.0. The number of aliphatic imine (C=N–C) groups is 1. The van der Waals surface area contributed by atoms with Gasteiger partial charge in [0.25, 0.3) is 0 Å². The number of rotatable bonds is 2. The van der Waals surface area contributed by atoms with Crippen molar-refractivity contribution in [1.82, 2.24) is 0 Å². The molecule has 134 valence electrons. The fourth-order valence-electron chi connectivity index (χ4n) is 3.57. The summed E-state index contributed by atoms with van der Waals surface area (Å²) in [5, 5.41) is 0. The number of fused-ring (bicyclic) bond motifs is 2. The molecule has 0 spiro atoms. The Bertz CT molecular complexity index is 941. The lowest BCUT2D eigenvalue weighted by Gasteiger charge is -2.41. The van der Waals surface area contributed by atoms with Gasteiger partial charge in [-0.25, -0.2) is 0 Å². The molecule has 26 heavy (non-hydrogen) atoms. The number of allylic oxidation sites excluding steroid dienone is 1. The van der Waals surface area contributed by atoms with Crippen LogP contribution in [-0.2, 0) is 0 Å². The Morgan fingerprint density at radius 1 is 1.08 bits per heavy atom. The van der Waals surface area contributed by atoms with Crippen LogP contribution in [0.1, 0.15) is 37.5 Å². The summed E-state index contributed by atoms with van der Waals surface area (Å²) < 4.78 is 10.8. The van der Waals surface area contributed by atoms with Crippen LogP contribution in [0.3, 0.4) is 0 Å². The van der Waals surface area contributed by atoms with Crippen molar-refractivity contribution in [1.29, 1.82) is 0 Å². The third-order valence-corrected chi connectivity index (χ3v) is 5.31. The van der Waals surface area contributed by atoms with Gasteiger partial charge in [-0.2, -0.15) is 0 Å². The Morgan fingerprint density at radius 3 is 2.65 bits per heavy atom. The molecule has 2 aliphatic heterocycles. The highest BCUT2D eigenvalue weighted by Crippen LogP contribution is 2.39. The van der Waals surface area contributed by atoms with E-state index in [2.05, 4.69) is 62.8 Å². The van der Waals surface area contributed by atoms with Crippen molar-refractivity contribution < 1.29 is 9.47 Å². The first-order chi connectivity index (χ1) is 12.3. The van der Waals surface area contributed by atoms with Gasteiger partial charge in [-0.1, -0.05) is 6.08 Å². The fourth-order valence-corrected chi connectivity index (χ4v) is 3.57. The summed E-state index contributed by atoms with van der Waals surface area (Å²) in [6.45, 7) is 9.08. The van der Waals surface area contributed by atoms with E-state index >= 15 is 0 Å². The van der Waals surface area contributed by atoms with Crippen molar-refractivity contribution in [2.75, 3.05) is 18.7 Å². The van der Waals surface area contributed by atoms with E-state index in [-0.39, 0.29) is 12.3 Å². The third kappa shape index (κ3) is 2.75. The molecule has 0 bridgehead atoms. The number of hydrogen-bond donors (Lipinski definition) is 0. The second-order valence-corrected chi connectivity index (χ2v) is 7.56. The fraction of sp³-hybridized carbons (Fsp3) is 0.318. The average Bonchev–Trinajstić information content (AvgIpc) is 3.06. The van der Waals surface area contributed by atoms with Gasteiger partial charge in [-0.05, 0) is 68.7 Å². The number of ether oxygens (including phenoxy) is 2. The standard InChI is InChI=1S/C22H24N2O2/c1-14-8-19-18(15(2)11-22(3,4)24(19)5)9-16(14)12-23-17-6-7-20-21(10-17)26-13-25-20/h6-12H,13H2,1-5H3. The Labute approximate surface area is 154 Å². The monoisotopic (exact) mass is 348 g/mol. The van der Waals surface area contributed by atoms with Crippen LogP contribution in [-0.4, -0.2) is 25.6 Å². The minimum atomic E-state index is 0.0195. The normalized spacial score (nSPS) is 17.4. The van der Waals surface area contributed by atoms with Gasteiger partial charge < -0.3 is 14.4 Å². The SMILES string of the molecule is CC1=CC(C)(C)N(C)c2cc(C)c(C=Nc3ccc4c(c3)OCO4)cc21. The number of benzene rings is 2. The topological polar surface area (TPSA) is 34.1 Å². The van der Waals surface area contributed by atoms with E-state index in [1.54, 1.807) is 0 Å². The van der Waals surface area contributed by atoms with Gasteiger partial charge in [0.05, 0.1) is 11.2 Å². The van der Waals surface area contributed by atoms with E-state index in [1.807, 2.05) is 24.4 Å². The van der Waals surface area contributed by atoms with Gasteiger partial charge in [0.1, 0.15) is 0 Å². The Morgan fingerprint density at radius 2 is 1.85 bits per heavy atom. The number of likely N-dealkylation sites (N-methyl/N-ethyl adjacent to an activating group) is 1. The van der Waals surface area contributed by atoms with Gasteiger partial charge in [0.2, 0.25) is 6.79 Å². The molecule has 4 heteroatoms. The minimum absolute atomic E-state index is 0.0195. The van der Waals surface area contributed by atoms with Gasteiger partial charge in [-0.15, -0.1) is 0 Å². The van der Waals surface area contributed by atoms with E-state index in [4.69, 9.17) is 9.47 Å². The second kappa shape index (κ2) is 5.90. The van der Waals surface area contributed by atoms with E-state index < -0.39 is 0 Å².